The van der Waals surface area contributed by atoms with Crippen LogP contribution >= 0.6 is 11.6 Å². The third-order valence-electron chi connectivity index (χ3n) is 4.95. The number of amides is 1. The molecule has 0 bridgehead atoms. The van der Waals surface area contributed by atoms with Crippen LogP contribution in [-0.2, 0) is 0 Å². The van der Waals surface area contributed by atoms with E-state index in [-0.39, 0.29) is 10.6 Å². The Morgan fingerprint density at radius 1 is 1.23 bits per heavy atom. The van der Waals surface area contributed by atoms with Crippen molar-refractivity contribution in [3.8, 4) is 0 Å². The van der Waals surface area contributed by atoms with Crippen molar-refractivity contribution >= 4 is 28.5 Å². The number of benzene rings is 1. The van der Waals surface area contributed by atoms with Crippen molar-refractivity contribution in [3.05, 3.63) is 64.4 Å². The smallest absolute Gasteiger partial charge is 0.256 e. The minimum absolute atomic E-state index is 0.276. The van der Waals surface area contributed by atoms with E-state index in [9.17, 15) is 13.6 Å². The molecule has 0 radical (unpaired) electrons. The van der Waals surface area contributed by atoms with Gasteiger partial charge < -0.3 is 9.88 Å². The van der Waals surface area contributed by atoms with E-state index in [1.165, 1.54) is 5.56 Å². The lowest BCUT2D eigenvalue weighted by molar-refractivity contribution is 0.0708. The van der Waals surface area contributed by atoms with Gasteiger partial charge in [-0.1, -0.05) is 11.6 Å². The van der Waals surface area contributed by atoms with E-state index in [4.69, 9.17) is 11.6 Å². The van der Waals surface area contributed by atoms with Crippen LogP contribution in [0.25, 0.3) is 11.0 Å². The highest BCUT2D eigenvalue weighted by atomic mass is 35.5. The number of rotatable bonds is 2. The molecule has 0 unspecified atom stereocenters. The van der Waals surface area contributed by atoms with E-state index in [1.54, 1.807) is 11.1 Å². The summed E-state index contributed by atoms with van der Waals surface area (Å²) >= 11 is 5.55. The highest BCUT2D eigenvalue weighted by Crippen LogP contribution is 2.33. The Balaban J connectivity index is 1.50. The highest BCUT2D eigenvalue weighted by molar-refractivity contribution is 6.30. The molecule has 2 aromatic heterocycles. The average molecular weight is 376 g/mol. The fraction of sp³-hybridized carbons (Fsp3) is 0.263. The first-order chi connectivity index (χ1) is 12.5. The van der Waals surface area contributed by atoms with Crippen LogP contribution in [0.2, 0.25) is 5.02 Å². The number of nitrogens with one attached hydrogen (secondary N) is 1. The number of fused-ring (bicyclic) bond motifs is 1. The van der Waals surface area contributed by atoms with E-state index >= 15 is 0 Å². The molecule has 4 rings (SSSR count). The van der Waals surface area contributed by atoms with Crippen molar-refractivity contribution in [2.75, 3.05) is 13.1 Å². The Morgan fingerprint density at radius 3 is 2.77 bits per heavy atom. The van der Waals surface area contributed by atoms with Gasteiger partial charge >= 0.3 is 0 Å². The van der Waals surface area contributed by atoms with Crippen molar-refractivity contribution < 1.29 is 13.6 Å². The lowest BCUT2D eigenvalue weighted by Crippen LogP contribution is -2.38. The summed E-state index contributed by atoms with van der Waals surface area (Å²) in [5, 5.41) is 0.758. The van der Waals surface area contributed by atoms with Crippen LogP contribution in [0.3, 0.4) is 0 Å². The van der Waals surface area contributed by atoms with Crippen LogP contribution in [0.1, 0.15) is 34.7 Å². The molecule has 0 atom stereocenters. The second kappa shape index (κ2) is 6.68. The summed E-state index contributed by atoms with van der Waals surface area (Å²) in [6, 6.07) is 5.64. The van der Waals surface area contributed by atoms with Crippen LogP contribution in [0.15, 0.2) is 36.7 Å². The number of H-pyrrole nitrogens is 1. The topological polar surface area (TPSA) is 49.0 Å². The SMILES string of the molecule is O=C(c1cc(F)c(Cl)cc1F)N1CCC(c2c[nH]c3ncccc23)CC1. The van der Waals surface area contributed by atoms with Crippen molar-refractivity contribution in [3.63, 3.8) is 0 Å². The molecule has 0 saturated carbocycles. The summed E-state index contributed by atoms with van der Waals surface area (Å²) < 4.78 is 27.6. The van der Waals surface area contributed by atoms with Crippen LogP contribution in [0, 0.1) is 11.6 Å². The fourth-order valence-electron chi connectivity index (χ4n) is 3.57. The van der Waals surface area contributed by atoms with Crippen LogP contribution in [0.5, 0.6) is 0 Å². The number of carbonyl (C=O) groups is 1. The molecule has 1 amide bonds. The molecule has 1 aliphatic heterocycles. The Bertz CT molecular complexity index is 980. The maximum absolute atomic E-state index is 14.0. The molecule has 1 aromatic carbocycles. The number of nitrogens with zero attached hydrogens (tertiary/aromatic N) is 2. The van der Waals surface area contributed by atoms with Gasteiger partial charge in [0.15, 0.2) is 0 Å². The molecule has 1 fully saturated rings. The number of carbonyl (C=O) groups excluding carboxylic acids is 1. The van der Waals surface area contributed by atoms with Crippen molar-refractivity contribution in [2.45, 2.75) is 18.8 Å². The van der Waals surface area contributed by atoms with Gasteiger partial charge in [-0.05, 0) is 48.6 Å². The minimum atomic E-state index is -0.800. The summed E-state index contributed by atoms with van der Waals surface area (Å²) in [5.74, 6) is -1.80. The summed E-state index contributed by atoms with van der Waals surface area (Å²) in [5.41, 5.74) is 1.75. The summed E-state index contributed by atoms with van der Waals surface area (Å²) in [6.45, 7) is 0.972. The van der Waals surface area contributed by atoms with E-state index in [1.807, 2.05) is 18.3 Å². The van der Waals surface area contributed by atoms with Gasteiger partial charge in [0.05, 0.1) is 10.6 Å². The third kappa shape index (κ3) is 2.94. The molecular formula is C19H16ClF2N3O. The normalized spacial score (nSPS) is 15.6. The quantitative estimate of drug-likeness (QED) is 0.670. The zero-order chi connectivity index (χ0) is 18.3. The second-order valence-electron chi connectivity index (χ2n) is 6.46. The predicted octanol–water partition coefficient (Wildman–Crippen LogP) is 4.51. The van der Waals surface area contributed by atoms with Gasteiger partial charge in [0.25, 0.3) is 5.91 Å². The molecule has 3 heterocycles. The summed E-state index contributed by atoms with van der Waals surface area (Å²) in [7, 11) is 0. The first-order valence-corrected chi connectivity index (χ1v) is 8.78. The van der Waals surface area contributed by atoms with E-state index in [0.717, 1.165) is 36.0 Å². The molecule has 1 saturated heterocycles. The highest BCUT2D eigenvalue weighted by Gasteiger charge is 2.28. The van der Waals surface area contributed by atoms with Crippen LogP contribution < -0.4 is 0 Å². The largest absolute Gasteiger partial charge is 0.346 e. The first-order valence-electron chi connectivity index (χ1n) is 8.40. The Labute approximate surface area is 153 Å². The molecule has 1 aliphatic rings. The molecule has 3 aromatic rings. The standard InChI is InChI=1S/C19H16ClF2N3O/c20-15-9-16(21)13(8-17(15)22)19(26)25-6-3-11(4-7-25)14-10-24-18-12(14)2-1-5-23-18/h1-2,5,8-11H,3-4,6-7H2,(H,23,24). The molecule has 26 heavy (non-hydrogen) atoms. The predicted molar refractivity (Wildman–Crippen MR) is 95.3 cm³/mol. The number of hydrogen-bond donors (Lipinski definition) is 1. The Hall–Kier alpha value is -2.47. The van der Waals surface area contributed by atoms with E-state index in [2.05, 4.69) is 9.97 Å². The monoisotopic (exact) mass is 375 g/mol. The lowest BCUT2D eigenvalue weighted by atomic mass is 9.89. The van der Waals surface area contributed by atoms with Gasteiger partial charge in [-0.25, -0.2) is 13.8 Å². The number of likely N-dealkylation sites (tertiary alicyclic amines) is 1. The number of halogens is 3. The van der Waals surface area contributed by atoms with Crippen molar-refractivity contribution in [2.24, 2.45) is 0 Å². The zero-order valence-corrected chi connectivity index (χ0v) is 14.6. The van der Waals surface area contributed by atoms with Gasteiger partial charge in [0, 0.05) is 30.9 Å². The Kier molecular flexibility index (Phi) is 4.36. The van der Waals surface area contributed by atoms with Crippen LogP contribution in [0.4, 0.5) is 8.78 Å². The van der Waals surface area contributed by atoms with Gasteiger partial charge in [-0.15, -0.1) is 0 Å². The lowest BCUT2D eigenvalue weighted by Gasteiger charge is -2.32. The third-order valence-corrected chi connectivity index (χ3v) is 5.24. The maximum atomic E-state index is 14.0. The zero-order valence-electron chi connectivity index (χ0n) is 13.8. The van der Waals surface area contributed by atoms with E-state index in [0.29, 0.717) is 19.0 Å². The van der Waals surface area contributed by atoms with Gasteiger partial charge in [-0.2, -0.15) is 0 Å². The number of pyridine rings is 1. The molecule has 1 N–H and O–H groups in total. The van der Waals surface area contributed by atoms with Gasteiger partial charge in [0.2, 0.25) is 0 Å². The fourth-order valence-corrected chi connectivity index (χ4v) is 3.72. The van der Waals surface area contributed by atoms with E-state index < -0.39 is 17.5 Å². The summed E-state index contributed by atoms with van der Waals surface area (Å²) in [6.07, 6.45) is 5.22. The average Bonchev–Trinajstić information content (AvgIpc) is 3.08. The molecule has 134 valence electrons. The molecule has 0 spiro atoms. The number of aromatic amines is 1. The minimum Gasteiger partial charge on any atom is -0.346 e. The number of hydrogen-bond acceptors (Lipinski definition) is 2. The second-order valence-corrected chi connectivity index (χ2v) is 6.86. The molecular weight excluding hydrogens is 360 g/mol. The number of aromatic nitrogens is 2. The molecule has 4 nitrogen and oxygen atoms in total. The van der Waals surface area contributed by atoms with Gasteiger partial charge in [0.1, 0.15) is 17.3 Å². The molecule has 7 heteroatoms. The maximum Gasteiger partial charge on any atom is 0.256 e. The number of piperidine rings is 1. The van der Waals surface area contributed by atoms with Gasteiger partial charge in [-0.3, -0.25) is 4.79 Å². The molecule has 0 aliphatic carbocycles. The Morgan fingerprint density at radius 2 is 2.00 bits per heavy atom. The van der Waals surface area contributed by atoms with Crippen molar-refractivity contribution in [1.29, 1.82) is 0 Å². The van der Waals surface area contributed by atoms with Crippen LogP contribution in [-0.4, -0.2) is 33.9 Å². The van der Waals surface area contributed by atoms with Crippen molar-refractivity contribution in [1.82, 2.24) is 14.9 Å². The first kappa shape index (κ1) is 17.0. The summed E-state index contributed by atoms with van der Waals surface area (Å²) in [4.78, 5) is 21.6.